The van der Waals surface area contributed by atoms with Crippen molar-refractivity contribution in [3.63, 3.8) is 0 Å². The number of amides is 1. The standard InChI is InChI=1S/C14H19ClN2O3/c1-2-6-17-9-10(15)7-11(17)13(20)16-14(4-3-5-14)8-12(18)19/h7,9H,2-6,8H2,1H3,(H,16,20)(H,18,19). The molecule has 0 unspecified atom stereocenters. The quantitative estimate of drug-likeness (QED) is 0.848. The van der Waals surface area contributed by atoms with Crippen molar-refractivity contribution in [2.45, 2.75) is 51.1 Å². The fourth-order valence-corrected chi connectivity index (χ4v) is 2.86. The van der Waals surface area contributed by atoms with E-state index >= 15 is 0 Å². The molecule has 0 spiro atoms. The van der Waals surface area contributed by atoms with Gasteiger partial charge in [0.25, 0.3) is 5.91 Å². The monoisotopic (exact) mass is 298 g/mol. The number of carboxylic acids is 1. The van der Waals surface area contributed by atoms with E-state index in [1.54, 1.807) is 12.3 Å². The van der Waals surface area contributed by atoms with E-state index in [0.717, 1.165) is 12.8 Å². The highest BCUT2D eigenvalue weighted by Crippen LogP contribution is 2.35. The van der Waals surface area contributed by atoms with Crippen LogP contribution in [0.5, 0.6) is 0 Å². The second kappa shape index (κ2) is 5.87. The van der Waals surface area contributed by atoms with Crippen molar-refractivity contribution in [3.05, 3.63) is 23.0 Å². The SMILES string of the molecule is CCCn1cc(Cl)cc1C(=O)NC1(CC(=O)O)CCC1. The van der Waals surface area contributed by atoms with Crippen LogP contribution >= 0.6 is 11.6 Å². The first-order valence-corrected chi connectivity index (χ1v) is 7.23. The summed E-state index contributed by atoms with van der Waals surface area (Å²) in [6.45, 7) is 2.73. The van der Waals surface area contributed by atoms with E-state index in [-0.39, 0.29) is 12.3 Å². The highest BCUT2D eigenvalue weighted by atomic mass is 35.5. The van der Waals surface area contributed by atoms with E-state index in [4.69, 9.17) is 16.7 Å². The van der Waals surface area contributed by atoms with Gasteiger partial charge in [0.05, 0.1) is 17.0 Å². The maximum atomic E-state index is 12.4. The van der Waals surface area contributed by atoms with Gasteiger partial charge in [0, 0.05) is 12.7 Å². The predicted octanol–water partition coefficient (Wildman–Crippen LogP) is 2.68. The minimum atomic E-state index is -0.882. The molecule has 1 aromatic rings. The zero-order chi connectivity index (χ0) is 14.8. The molecule has 1 heterocycles. The summed E-state index contributed by atoms with van der Waals surface area (Å²) < 4.78 is 1.81. The number of carboxylic acid groups (broad SMARTS) is 1. The summed E-state index contributed by atoms with van der Waals surface area (Å²) in [5.74, 6) is -1.13. The molecule has 110 valence electrons. The number of nitrogens with one attached hydrogen (secondary N) is 1. The van der Waals surface area contributed by atoms with Crippen molar-refractivity contribution in [1.29, 1.82) is 0 Å². The number of carbonyl (C=O) groups is 2. The lowest BCUT2D eigenvalue weighted by Gasteiger charge is -2.41. The van der Waals surface area contributed by atoms with Crippen LogP contribution in [0.15, 0.2) is 12.3 Å². The van der Waals surface area contributed by atoms with Crippen LogP contribution < -0.4 is 5.32 Å². The van der Waals surface area contributed by atoms with Crippen LogP contribution in [0.2, 0.25) is 5.02 Å². The molecule has 6 heteroatoms. The highest BCUT2D eigenvalue weighted by Gasteiger charge is 2.40. The lowest BCUT2D eigenvalue weighted by Crippen LogP contribution is -2.55. The molecule has 0 saturated heterocycles. The summed E-state index contributed by atoms with van der Waals surface area (Å²) in [7, 11) is 0. The lowest BCUT2D eigenvalue weighted by atomic mass is 9.74. The number of hydrogen-bond donors (Lipinski definition) is 2. The molecule has 1 fully saturated rings. The number of aromatic nitrogens is 1. The van der Waals surface area contributed by atoms with Gasteiger partial charge in [0.2, 0.25) is 0 Å². The normalized spacial score (nSPS) is 16.5. The molecule has 1 amide bonds. The third-order valence-electron chi connectivity index (χ3n) is 3.74. The van der Waals surface area contributed by atoms with Crippen LogP contribution in [0.1, 0.15) is 49.5 Å². The smallest absolute Gasteiger partial charge is 0.305 e. The minimum Gasteiger partial charge on any atom is -0.481 e. The predicted molar refractivity (Wildman–Crippen MR) is 76.0 cm³/mol. The third-order valence-corrected chi connectivity index (χ3v) is 3.95. The zero-order valence-corrected chi connectivity index (χ0v) is 12.2. The van der Waals surface area contributed by atoms with Crippen LogP contribution in [-0.2, 0) is 11.3 Å². The molecule has 5 nitrogen and oxygen atoms in total. The van der Waals surface area contributed by atoms with E-state index in [2.05, 4.69) is 5.32 Å². The van der Waals surface area contributed by atoms with Crippen molar-refractivity contribution in [1.82, 2.24) is 9.88 Å². The van der Waals surface area contributed by atoms with Gasteiger partial charge in [-0.15, -0.1) is 0 Å². The molecule has 1 aliphatic carbocycles. The van der Waals surface area contributed by atoms with Crippen molar-refractivity contribution < 1.29 is 14.7 Å². The summed E-state index contributed by atoms with van der Waals surface area (Å²) >= 11 is 5.95. The first-order chi connectivity index (χ1) is 9.46. The van der Waals surface area contributed by atoms with Crippen molar-refractivity contribution in [3.8, 4) is 0 Å². The average molecular weight is 299 g/mol. The maximum absolute atomic E-state index is 12.4. The Hall–Kier alpha value is -1.49. The van der Waals surface area contributed by atoms with Gasteiger partial charge in [-0.25, -0.2) is 0 Å². The molecule has 1 saturated carbocycles. The molecule has 0 radical (unpaired) electrons. The second-order valence-corrected chi connectivity index (χ2v) is 5.83. The number of nitrogens with zero attached hydrogens (tertiary/aromatic N) is 1. The van der Waals surface area contributed by atoms with Crippen LogP contribution in [-0.4, -0.2) is 27.1 Å². The highest BCUT2D eigenvalue weighted by molar-refractivity contribution is 6.31. The van der Waals surface area contributed by atoms with Gasteiger partial charge in [-0.2, -0.15) is 0 Å². The maximum Gasteiger partial charge on any atom is 0.305 e. The third kappa shape index (κ3) is 3.15. The second-order valence-electron chi connectivity index (χ2n) is 5.40. The van der Waals surface area contributed by atoms with Crippen molar-refractivity contribution in [2.24, 2.45) is 0 Å². The molecule has 0 bridgehead atoms. The van der Waals surface area contributed by atoms with Crippen LogP contribution in [0.3, 0.4) is 0 Å². The number of carbonyl (C=O) groups excluding carboxylic acids is 1. The Morgan fingerprint density at radius 2 is 2.20 bits per heavy atom. The molecule has 2 N–H and O–H groups in total. The summed E-state index contributed by atoms with van der Waals surface area (Å²) in [6.07, 6.45) is 4.97. The molecule has 1 aromatic heterocycles. The molecule has 1 aliphatic rings. The number of halogens is 1. The zero-order valence-electron chi connectivity index (χ0n) is 11.5. The summed E-state index contributed by atoms with van der Waals surface area (Å²) in [5.41, 5.74) is -0.0926. The Kier molecular flexibility index (Phi) is 4.38. The van der Waals surface area contributed by atoms with Crippen LogP contribution in [0.25, 0.3) is 0 Å². The van der Waals surface area contributed by atoms with Crippen molar-refractivity contribution in [2.75, 3.05) is 0 Å². The lowest BCUT2D eigenvalue weighted by molar-refractivity contribution is -0.139. The number of aryl methyl sites for hydroxylation is 1. The van der Waals surface area contributed by atoms with E-state index < -0.39 is 11.5 Å². The van der Waals surface area contributed by atoms with E-state index in [9.17, 15) is 9.59 Å². The van der Waals surface area contributed by atoms with Crippen LogP contribution in [0, 0.1) is 0 Å². The summed E-state index contributed by atoms with van der Waals surface area (Å²) in [5, 5.41) is 12.4. The Morgan fingerprint density at radius 3 is 2.70 bits per heavy atom. The van der Waals surface area contributed by atoms with E-state index in [1.165, 1.54) is 0 Å². The van der Waals surface area contributed by atoms with E-state index in [0.29, 0.717) is 30.1 Å². The molecular formula is C14H19ClN2O3. The largest absolute Gasteiger partial charge is 0.481 e. The molecule has 2 rings (SSSR count). The van der Waals surface area contributed by atoms with Gasteiger partial charge in [0.1, 0.15) is 5.69 Å². The topological polar surface area (TPSA) is 71.3 Å². The molecular weight excluding hydrogens is 280 g/mol. The summed E-state index contributed by atoms with van der Waals surface area (Å²) in [6, 6.07) is 1.62. The van der Waals surface area contributed by atoms with E-state index in [1.807, 2.05) is 11.5 Å². The summed E-state index contributed by atoms with van der Waals surface area (Å²) in [4.78, 5) is 23.3. The fourth-order valence-electron chi connectivity index (χ4n) is 2.63. The average Bonchev–Trinajstić information content (AvgIpc) is 2.67. The van der Waals surface area contributed by atoms with Crippen LogP contribution in [0.4, 0.5) is 0 Å². The van der Waals surface area contributed by atoms with Gasteiger partial charge in [-0.1, -0.05) is 18.5 Å². The Balaban J connectivity index is 2.13. The van der Waals surface area contributed by atoms with Crippen molar-refractivity contribution >= 4 is 23.5 Å². The Morgan fingerprint density at radius 1 is 1.50 bits per heavy atom. The first kappa shape index (κ1) is 14.9. The fraction of sp³-hybridized carbons (Fsp3) is 0.571. The molecule has 0 aromatic carbocycles. The number of hydrogen-bond acceptors (Lipinski definition) is 2. The van der Waals surface area contributed by atoms with Gasteiger partial charge in [0.15, 0.2) is 0 Å². The van der Waals surface area contributed by atoms with Gasteiger partial charge >= 0.3 is 5.97 Å². The number of rotatable bonds is 6. The Bertz CT molecular complexity index is 520. The molecule has 0 atom stereocenters. The molecule has 20 heavy (non-hydrogen) atoms. The van der Waals surface area contributed by atoms with Gasteiger partial charge < -0.3 is 15.0 Å². The first-order valence-electron chi connectivity index (χ1n) is 6.86. The minimum absolute atomic E-state index is 0.0268. The van der Waals surface area contributed by atoms with Gasteiger partial charge in [-0.05, 0) is 31.7 Å². The van der Waals surface area contributed by atoms with Gasteiger partial charge in [-0.3, -0.25) is 9.59 Å². The molecule has 0 aliphatic heterocycles. The Labute approximate surface area is 122 Å². The number of aliphatic carboxylic acids is 1.